The zero-order chi connectivity index (χ0) is 5.70. The van der Waals surface area contributed by atoms with Gasteiger partial charge in [-0.3, -0.25) is 0 Å². The van der Waals surface area contributed by atoms with Crippen LogP contribution in [0.3, 0.4) is 0 Å². The first-order chi connectivity index (χ1) is 3.31. The molecule has 6 heteroatoms. The Morgan fingerprint density at radius 2 is 1.89 bits per heavy atom. The van der Waals surface area contributed by atoms with Crippen molar-refractivity contribution >= 4 is 24.8 Å². The van der Waals surface area contributed by atoms with Crippen molar-refractivity contribution in [2.45, 2.75) is 6.17 Å². The lowest BCUT2D eigenvalue weighted by Gasteiger charge is -1.98. The fourth-order valence-corrected chi connectivity index (χ4v) is 0.172. The van der Waals surface area contributed by atoms with E-state index in [2.05, 4.69) is 10.7 Å². The second kappa shape index (κ2) is 11.2. The van der Waals surface area contributed by atoms with E-state index in [1.807, 2.05) is 0 Å². The van der Waals surface area contributed by atoms with E-state index in [0.29, 0.717) is 0 Å². The minimum atomic E-state index is -1.12. The maximum Gasteiger partial charge on any atom is 0.137 e. The molecule has 0 fully saturated rings. The van der Waals surface area contributed by atoms with Crippen LogP contribution in [0.4, 0.5) is 4.39 Å². The molecule has 3 nitrogen and oxygen atoms in total. The third-order valence-electron chi connectivity index (χ3n) is 0.533. The van der Waals surface area contributed by atoms with Gasteiger partial charge in [-0.1, -0.05) is 0 Å². The Kier molecular flexibility index (Phi) is 20.2. The summed E-state index contributed by atoms with van der Waals surface area (Å²) in [5.41, 5.74) is 4.85. The van der Waals surface area contributed by atoms with Crippen molar-refractivity contribution in [1.82, 2.24) is 0 Å². The lowest BCUT2D eigenvalue weighted by molar-refractivity contribution is 0.0850. The van der Waals surface area contributed by atoms with Gasteiger partial charge in [0.2, 0.25) is 0 Å². The van der Waals surface area contributed by atoms with Crippen LogP contribution in [0.2, 0.25) is 0 Å². The Morgan fingerprint density at radius 1 is 1.44 bits per heavy atom. The molecular weight excluding hydrogens is 170 g/mol. The molecular formula is C3H11Cl2FN2O. The fraction of sp³-hybridized carbons (Fsp3) is 1.00. The van der Waals surface area contributed by atoms with Gasteiger partial charge in [0.25, 0.3) is 0 Å². The molecule has 0 aromatic heterocycles. The quantitative estimate of drug-likeness (QED) is 0.603. The summed E-state index contributed by atoms with van der Waals surface area (Å²) in [5, 5.41) is 0. The van der Waals surface area contributed by atoms with Crippen LogP contribution in [0.15, 0.2) is 0 Å². The molecule has 0 bridgehead atoms. The summed E-state index contributed by atoms with van der Waals surface area (Å²) in [6.45, 7) is -0.145. The van der Waals surface area contributed by atoms with Gasteiger partial charge < -0.3 is 10.6 Å². The van der Waals surface area contributed by atoms with Gasteiger partial charge in [0.1, 0.15) is 12.8 Å². The summed E-state index contributed by atoms with van der Waals surface area (Å²) in [4.78, 5) is 3.94. The van der Waals surface area contributed by atoms with Gasteiger partial charge in [-0.2, -0.15) is 0 Å². The highest BCUT2D eigenvalue weighted by molar-refractivity contribution is 5.85. The van der Waals surface area contributed by atoms with E-state index in [-0.39, 0.29) is 38.0 Å². The first-order valence-corrected chi connectivity index (χ1v) is 1.97. The largest absolute Gasteiger partial charge is 0.328 e. The van der Waals surface area contributed by atoms with Crippen LogP contribution in [-0.4, -0.2) is 19.3 Å². The molecule has 1 atom stereocenters. The maximum atomic E-state index is 11.8. The molecule has 0 aromatic rings. The highest BCUT2D eigenvalue weighted by atomic mass is 35.5. The molecule has 0 amide bonds. The van der Waals surface area contributed by atoms with Gasteiger partial charge in [0, 0.05) is 6.54 Å². The molecule has 1 unspecified atom stereocenters. The average molecular weight is 181 g/mol. The van der Waals surface area contributed by atoms with Crippen molar-refractivity contribution in [2.24, 2.45) is 11.6 Å². The van der Waals surface area contributed by atoms with Gasteiger partial charge in [-0.05, 0) is 0 Å². The zero-order valence-corrected chi connectivity index (χ0v) is 6.38. The molecule has 0 aliphatic rings. The van der Waals surface area contributed by atoms with Crippen LogP contribution in [0.5, 0.6) is 0 Å². The third-order valence-corrected chi connectivity index (χ3v) is 0.533. The number of hydrogen-bond donors (Lipinski definition) is 2. The standard InChI is InChI=1S/C3H9FN2O.2ClH/c4-3(1-5)2-7-6;;/h3H,1-2,5-6H2;2*1H. The van der Waals surface area contributed by atoms with Crippen LogP contribution in [0.25, 0.3) is 0 Å². The van der Waals surface area contributed by atoms with E-state index in [9.17, 15) is 4.39 Å². The van der Waals surface area contributed by atoms with Crippen molar-refractivity contribution in [3.05, 3.63) is 0 Å². The van der Waals surface area contributed by atoms with Gasteiger partial charge in [0.15, 0.2) is 0 Å². The first-order valence-electron chi connectivity index (χ1n) is 1.97. The molecule has 0 saturated heterocycles. The summed E-state index contributed by atoms with van der Waals surface area (Å²) in [5.74, 6) is 4.51. The molecule has 0 spiro atoms. The molecule has 0 rings (SSSR count). The second-order valence-corrected chi connectivity index (χ2v) is 1.17. The molecule has 0 aliphatic heterocycles. The Morgan fingerprint density at radius 3 is 2.00 bits per heavy atom. The minimum Gasteiger partial charge on any atom is -0.328 e. The highest BCUT2D eigenvalue weighted by Crippen LogP contribution is 1.83. The summed E-state index contributed by atoms with van der Waals surface area (Å²) in [7, 11) is 0. The van der Waals surface area contributed by atoms with E-state index >= 15 is 0 Å². The Labute approximate surface area is 65.7 Å². The van der Waals surface area contributed by atoms with Crippen molar-refractivity contribution in [3.8, 4) is 0 Å². The molecule has 0 saturated carbocycles. The average Bonchev–Trinajstić information content (AvgIpc) is 1.68. The number of alkyl halides is 1. The minimum absolute atomic E-state index is 0. The van der Waals surface area contributed by atoms with Crippen LogP contribution in [-0.2, 0) is 4.84 Å². The molecule has 60 valence electrons. The summed E-state index contributed by atoms with van der Waals surface area (Å²) in [6, 6.07) is 0. The molecule has 0 radical (unpaired) electrons. The van der Waals surface area contributed by atoms with Crippen LogP contribution in [0.1, 0.15) is 0 Å². The SMILES string of the molecule is Cl.Cl.NCC(F)CON. The van der Waals surface area contributed by atoms with Gasteiger partial charge in [-0.25, -0.2) is 10.3 Å². The normalized spacial score (nSPS) is 11.0. The molecule has 9 heavy (non-hydrogen) atoms. The van der Waals surface area contributed by atoms with E-state index < -0.39 is 6.17 Å². The topological polar surface area (TPSA) is 61.3 Å². The van der Waals surface area contributed by atoms with Crippen LogP contribution >= 0.6 is 24.8 Å². The van der Waals surface area contributed by atoms with Crippen molar-refractivity contribution in [2.75, 3.05) is 13.2 Å². The molecule has 0 aliphatic carbocycles. The Hall–Kier alpha value is 0.390. The summed E-state index contributed by atoms with van der Waals surface area (Å²) >= 11 is 0. The summed E-state index contributed by atoms with van der Waals surface area (Å²) in [6.07, 6.45) is -1.12. The predicted molar refractivity (Wildman–Crippen MR) is 38.6 cm³/mol. The van der Waals surface area contributed by atoms with E-state index in [4.69, 9.17) is 5.73 Å². The van der Waals surface area contributed by atoms with Gasteiger partial charge in [0.05, 0.1) is 0 Å². The van der Waals surface area contributed by atoms with Crippen LogP contribution < -0.4 is 11.6 Å². The molecule has 0 heterocycles. The third kappa shape index (κ3) is 11.8. The number of halogens is 3. The maximum absolute atomic E-state index is 11.8. The molecule has 4 N–H and O–H groups in total. The van der Waals surface area contributed by atoms with Crippen molar-refractivity contribution < 1.29 is 9.23 Å². The van der Waals surface area contributed by atoms with Gasteiger partial charge in [-0.15, -0.1) is 24.8 Å². The highest BCUT2D eigenvalue weighted by Gasteiger charge is 1.99. The van der Waals surface area contributed by atoms with Crippen molar-refractivity contribution in [1.29, 1.82) is 0 Å². The predicted octanol–water partition coefficient (Wildman–Crippen LogP) is 0.0171. The number of hydrogen-bond acceptors (Lipinski definition) is 3. The Bertz CT molecular complexity index is 50.8. The monoisotopic (exact) mass is 180 g/mol. The lowest BCUT2D eigenvalue weighted by Crippen LogP contribution is -2.22. The lowest BCUT2D eigenvalue weighted by atomic mass is 10.4. The fourth-order valence-electron chi connectivity index (χ4n) is 0.172. The molecule has 0 aromatic carbocycles. The van der Waals surface area contributed by atoms with E-state index in [1.54, 1.807) is 0 Å². The smallest absolute Gasteiger partial charge is 0.137 e. The van der Waals surface area contributed by atoms with Crippen LogP contribution in [0, 0.1) is 0 Å². The zero-order valence-electron chi connectivity index (χ0n) is 4.75. The second-order valence-electron chi connectivity index (χ2n) is 1.17. The van der Waals surface area contributed by atoms with E-state index in [0.717, 1.165) is 0 Å². The first kappa shape index (κ1) is 16.2. The van der Waals surface area contributed by atoms with Gasteiger partial charge >= 0.3 is 0 Å². The summed E-state index contributed by atoms with van der Waals surface area (Å²) < 4.78 is 11.8. The Balaban J connectivity index is -0.000000180. The van der Waals surface area contributed by atoms with E-state index in [1.165, 1.54) is 0 Å². The number of nitrogens with two attached hydrogens (primary N) is 2. The number of rotatable bonds is 3. The van der Waals surface area contributed by atoms with Crippen molar-refractivity contribution in [3.63, 3.8) is 0 Å².